The summed E-state index contributed by atoms with van der Waals surface area (Å²) in [6.45, 7) is 9.02. The van der Waals surface area contributed by atoms with Gasteiger partial charge in [0.25, 0.3) is 0 Å². The van der Waals surface area contributed by atoms with E-state index in [1.165, 1.54) is 11.1 Å². The maximum Gasteiger partial charge on any atom is 0.106 e. The molecule has 0 aliphatic rings. The minimum atomic E-state index is 0.0427. The number of nitrogens with zero attached hydrogens (tertiary/aromatic N) is 2. The number of aromatic nitrogens is 2. The van der Waals surface area contributed by atoms with Gasteiger partial charge < -0.3 is 9.73 Å². The van der Waals surface area contributed by atoms with Crippen LogP contribution in [0.3, 0.4) is 0 Å². The SMILES string of the molecule is CCNC(c1cnccn1)c1c(C)oc(C)c1C. The zero-order chi connectivity index (χ0) is 13.1. The summed E-state index contributed by atoms with van der Waals surface area (Å²) in [4.78, 5) is 8.55. The summed E-state index contributed by atoms with van der Waals surface area (Å²) in [5.74, 6) is 1.91. The topological polar surface area (TPSA) is 51.0 Å². The molecular weight excluding hydrogens is 226 g/mol. The fourth-order valence-electron chi connectivity index (χ4n) is 2.25. The molecule has 2 rings (SSSR count). The molecule has 0 spiro atoms. The number of nitrogens with one attached hydrogen (secondary N) is 1. The van der Waals surface area contributed by atoms with Crippen LogP contribution >= 0.6 is 0 Å². The molecule has 1 N–H and O–H groups in total. The van der Waals surface area contributed by atoms with E-state index in [0.29, 0.717) is 0 Å². The minimum Gasteiger partial charge on any atom is -0.466 e. The lowest BCUT2D eigenvalue weighted by atomic mass is 9.99. The third kappa shape index (κ3) is 2.29. The summed E-state index contributed by atoms with van der Waals surface area (Å²) in [6, 6.07) is 0.0427. The van der Waals surface area contributed by atoms with Gasteiger partial charge in [-0.25, -0.2) is 0 Å². The molecule has 1 unspecified atom stereocenters. The van der Waals surface area contributed by atoms with E-state index >= 15 is 0 Å². The van der Waals surface area contributed by atoms with Gasteiger partial charge in [0.05, 0.1) is 17.9 Å². The molecule has 4 nitrogen and oxygen atoms in total. The van der Waals surface area contributed by atoms with Crippen molar-refractivity contribution in [2.75, 3.05) is 6.54 Å². The summed E-state index contributed by atoms with van der Waals surface area (Å²) >= 11 is 0. The molecule has 2 aromatic heterocycles. The van der Waals surface area contributed by atoms with E-state index in [-0.39, 0.29) is 6.04 Å². The van der Waals surface area contributed by atoms with Crippen LogP contribution in [0.15, 0.2) is 23.0 Å². The van der Waals surface area contributed by atoms with Crippen molar-refractivity contribution in [1.29, 1.82) is 0 Å². The number of hydrogen-bond donors (Lipinski definition) is 1. The average molecular weight is 245 g/mol. The monoisotopic (exact) mass is 245 g/mol. The highest BCUT2D eigenvalue weighted by Crippen LogP contribution is 2.30. The average Bonchev–Trinajstić information content (AvgIpc) is 2.62. The van der Waals surface area contributed by atoms with Crippen LogP contribution in [0.1, 0.15) is 41.3 Å². The highest BCUT2D eigenvalue weighted by atomic mass is 16.3. The van der Waals surface area contributed by atoms with Gasteiger partial charge in [0.2, 0.25) is 0 Å². The summed E-state index contributed by atoms with van der Waals surface area (Å²) < 4.78 is 5.71. The zero-order valence-electron chi connectivity index (χ0n) is 11.3. The van der Waals surface area contributed by atoms with E-state index in [0.717, 1.165) is 23.8 Å². The summed E-state index contributed by atoms with van der Waals surface area (Å²) in [6.07, 6.45) is 5.21. The second-order valence-electron chi connectivity index (χ2n) is 4.37. The second kappa shape index (κ2) is 5.31. The quantitative estimate of drug-likeness (QED) is 0.899. The van der Waals surface area contributed by atoms with Crippen LogP contribution in [0, 0.1) is 20.8 Å². The third-order valence-corrected chi connectivity index (χ3v) is 3.19. The first-order valence-electron chi connectivity index (χ1n) is 6.21. The van der Waals surface area contributed by atoms with E-state index in [1.807, 2.05) is 13.8 Å². The predicted molar refractivity (Wildman–Crippen MR) is 70.5 cm³/mol. The van der Waals surface area contributed by atoms with Crippen molar-refractivity contribution in [3.05, 3.63) is 46.9 Å². The highest BCUT2D eigenvalue weighted by molar-refractivity contribution is 5.38. The van der Waals surface area contributed by atoms with Gasteiger partial charge in [0.1, 0.15) is 11.5 Å². The lowest BCUT2D eigenvalue weighted by Gasteiger charge is -2.17. The van der Waals surface area contributed by atoms with Crippen molar-refractivity contribution < 1.29 is 4.42 Å². The van der Waals surface area contributed by atoms with Gasteiger partial charge in [-0.2, -0.15) is 0 Å². The van der Waals surface area contributed by atoms with Crippen molar-refractivity contribution in [2.45, 2.75) is 33.7 Å². The molecule has 4 heteroatoms. The number of rotatable bonds is 4. The molecule has 0 saturated heterocycles. The van der Waals surface area contributed by atoms with Crippen molar-refractivity contribution >= 4 is 0 Å². The molecule has 0 bridgehead atoms. The summed E-state index contributed by atoms with van der Waals surface area (Å²) in [7, 11) is 0. The molecule has 18 heavy (non-hydrogen) atoms. The molecule has 0 aliphatic carbocycles. The van der Waals surface area contributed by atoms with Gasteiger partial charge in [-0.1, -0.05) is 6.92 Å². The van der Waals surface area contributed by atoms with Gasteiger partial charge in [-0.05, 0) is 32.9 Å². The van der Waals surface area contributed by atoms with Gasteiger partial charge in [0.15, 0.2) is 0 Å². The Balaban J connectivity index is 2.48. The first-order chi connectivity index (χ1) is 8.65. The fourth-order valence-corrected chi connectivity index (χ4v) is 2.25. The van der Waals surface area contributed by atoms with Crippen molar-refractivity contribution in [3.8, 4) is 0 Å². The van der Waals surface area contributed by atoms with E-state index in [4.69, 9.17) is 4.42 Å². The Morgan fingerprint density at radius 2 is 2.00 bits per heavy atom. The molecule has 1 atom stereocenters. The third-order valence-electron chi connectivity index (χ3n) is 3.19. The second-order valence-corrected chi connectivity index (χ2v) is 4.37. The Morgan fingerprint density at radius 1 is 1.22 bits per heavy atom. The normalized spacial score (nSPS) is 12.7. The van der Waals surface area contributed by atoms with Gasteiger partial charge in [-0.15, -0.1) is 0 Å². The first-order valence-corrected chi connectivity index (χ1v) is 6.21. The molecule has 2 aromatic rings. The summed E-state index contributed by atoms with van der Waals surface area (Å²) in [5.41, 5.74) is 3.28. The maximum atomic E-state index is 5.71. The first kappa shape index (κ1) is 12.8. The van der Waals surface area contributed by atoms with Crippen LogP contribution in [0.25, 0.3) is 0 Å². The molecule has 0 aliphatic heterocycles. The van der Waals surface area contributed by atoms with Crippen LogP contribution in [-0.4, -0.2) is 16.5 Å². The maximum absolute atomic E-state index is 5.71. The Labute approximate surface area is 107 Å². The summed E-state index contributed by atoms with van der Waals surface area (Å²) in [5, 5.41) is 3.45. The van der Waals surface area contributed by atoms with Crippen LogP contribution in [0.5, 0.6) is 0 Å². The van der Waals surface area contributed by atoms with E-state index < -0.39 is 0 Å². The molecule has 0 radical (unpaired) electrons. The smallest absolute Gasteiger partial charge is 0.106 e. The van der Waals surface area contributed by atoms with Crippen LogP contribution in [0.4, 0.5) is 0 Å². The van der Waals surface area contributed by atoms with Crippen LogP contribution in [-0.2, 0) is 0 Å². The Morgan fingerprint density at radius 3 is 2.50 bits per heavy atom. The lowest BCUT2D eigenvalue weighted by molar-refractivity contribution is 0.493. The standard InChI is InChI=1S/C14H19N3O/c1-5-16-14(12-8-15-6-7-17-12)13-9(2)10(3)18-11(13)4/h6-8,14,16H,5H2,1-4H3. The largest absolute Gasteiger partial charge is 0.466 e. The van der Waals surface area contributed by atoms with Gasteiger partial charge in [-0.3, -0.25) is 9.97 Å². The minimum absolute atomic E-state index is 0.0427. The van der Waals surface area contributed by atoms with Crippen LogP contribution < -0.4 is 5.32 Å². The van der Waals surface area contributed by atoms with Gasteiger partial charge in [0, 0.05) is 18.0 Å². The zero-order valence-corrected chi connectivity index (χ0v) is 11.3. The molecular formula is C14H19N3O. The van der Waals surface area contributed by atoms with E-state index in [2.05, 4.69) is 29.1 Å². The Bertz CT molecular complexity index is 519. The number of hydrogen-bond acceptors (Lipinski definition) is 4. The van der Waals surface area contributed by atoms with Crippen LogP contribution in [0.2, 0.25) is 0 Å². The van der Waals surface area contributed by atoms with E-state index in [9.17, 15) is 0 Å². The molecule has 0 amide bonds. The predicted octanol–water partition coefficient (Wildman–Crippen LogP) is 2.69. The molecule has 2 heterocycles. The Hall–Kier alpha value is -1.68. The van der Waals surface area contributed by atoms with Crippen molar-refractivity contribution in [3.63, 3.8) is 0 Å². The number of furan rings is 1. The molecule has 0 fully saturated rings. The van der Waals surface area contributed by atoms with Gasteiger partial charge >= 0.3 is 0 Å². The molecule has 0 aromatic carbocycles. The van der Waals surface area contributed by atoms with E-state index in [1.54, 1.807) is 18.6 Å². The molecule has 96 valence electrons. The molecule has 0 saturated carbocycles. The highest BCUT2D eigenvalue weighted by Gasteiger charge is 2.22. The van der Waals surface area contributed by atoms with Crippen molar-refractivity contribution in [2.24, 2.45) is 0 Å². The number of aryl methyl sites for hydroxylation is 2. The Kier molecular flexibility index (Phi) is 3.77. The lowest BCUT2D eigenvalue weighted by Crippen LogP contribution is -2.24. The fraction of sp³-hybridized carbons (Fsp3) is 0.429. The van der Waals surface area contributed by atoms with Crippen molar-refractivity contribution in [1.82, 2.24) is 15.3 Å².